The molecule has 0 fully saturated rings. The smallest absolute Gasteiger partial charge is 0.339 e. The Labute approximate surface area is 121 Å². The maximum absolute atomic E-state index is 11.6. The molecule has 21 heavy (non-hydrogen) atoms. The van der Waals surface area contributed by atoms with E-state index < -0.39 is 12.0 Å². The maximum Gasteiger partial charge on any atom is 0.339 e. The molecule has 0 aliphatic heterocycles. The van der Waals surface area contributed by atoms with E-state index in [1.165, 1.54) is 13.2 Å². The first-order valence-electron chi connectivity index (χ1n) is 6.00. The molecular formula is C13H14N6O2. The van der Waals surface area contributed by atoms with E-state index in [4.69, 9.17) is 11.1 Å². The minimum atomic E-state index is -0.794. The van der Waals surface area contributed by atoms with Crippen molar-refractivity contribution in [1.82, 2.24) is 0 Å². The van der Waals surface area contributed by atoms with Crippen molar-refractivity contribution in [2.24, 2.45) is 10.2 Å². The van der Waals surface area contributed by atoms with Gasteiger partial charge in [0, 0.05) is 9.82 Å². The second kappa shape index (κ2) is 7.59. The zero-order chi connectivity index (χ0) is 15.8. The number of carbonyl (C=O) groups excluding carboxylic acids is 1. The Kier molecular flexibility index (Phi) is 5.82. The lowest BCUT2D eigenvalue weighted by molar-refractivity contribution is -0.136. The van der Waals surface area contributed by atoms with Crippen LogP contribution in [0.4, 0.5) is 0 Å². The molecule has 1 rings (SSSR count). The van der Waals surface area contributed by atoms with Crippen LogP contribution in [-0.2, 0) is 9.53 Å². The van der Waals surface area contributed by atoms with Gasteiger partial charge in [0.15, 0.2) is 0 Å². The summed E-state index contributed by atoms with van der Waals surface area (Å²) in [6.45, 7) is 3.73. The van der Waals surface area contributed by atoms with Gasteiger partial charge in [-0.2, -0.15) is 0 Å². The molecule has 0 aliphatic rings. The van der Waals surface area contributed by atoms with E-state index in [9.17, 15) is 4.79 Å². The zero-order valence-corrected chi connectivity index (χ0v) is 11.9. The van der Waals surface area contributed by atoms with Crippen LogP contribution in [-0.4, -0.2) is 13.1 Å². The van der Waals surface area contributed by atoms with Crippen molar-refractivity contribution >= 4 is 5.97 Å². The minimum absolute atomic E-state index is 0.250. The average molecular weight is 286 g/mol. The van der Waals surface area contributed by atoms with Gasteiger partial charge in [0.2, 0.25) is 0 Å². The van der Waals surface area contributed by atoms with Crippen molar-refractivity contribution < 1.29 is 9.53 Å². The van der Waals surface area contributed by atoms with E-state index in [1.807, 2.05) is 32.0 Å². The first kappa shape index (κ1) is 16.1. The highest BCUT2D eigenvalue weighted by molar-refractivity contribution is 5.88. The lowest BCUT2D eigenvalue weighted by Gasteiger charge is -2.14. The Balaban J connectivity index is 3.45. The van der Waals surface area contributed by atoms with E-state index in [1.54, 1.807) is 0 Å². The average Bonchev–Trinajstić information content (AvgIpc) is 2.45. The van der Waals surface area contributed by atoms with Gasteiger partial charge in [0.1, 0.15) is 5.70 Å². The third-order valence-electron chi connectivity index (χ3n) is 2.88. The van der Waals surface area contributed by atoms with Gasteiger partial charge in [-0.25, -0.2) is 4.79 Å². The predicted octanol–water partition coefficient (Wildman–Crippen LogP) is 4.02. The van der Waals surface area contributed by atoms with Crippen molar-refractivity contribution in [2.45, 2.75) is 19.9 Å². The van der Waals surface area contributed by atoms with Crippen LogP contribution in [0.25, 0.3) is 20.9 Å². The van der Waals surface area contributed by atoms with E-state index >= 15 is 0 Å². The molecule has 0 N–H and O–H groups in total. The molecule has 0 saturated carbocycles. The second-order valence-corrected chi connectivity index (χ2v) is 4.19. The first-order valence-corrected chi connectivity index (χ1v) is 6.00. The van der Waals surface area contributed by atoms with Crippen LogP contribution in [0.2, 0.25) is 0 Å². The summed E-state index contributed by atoms with van der Waals surface area (Å²) in [4.78, 5) is 16.9. The van der Waals surface area contributed by atoms with E-state index in [0.717, 1.165) is 16.7 Å². The summed E-state index contributed by atoms with van der Waals surface area (Å²) >= 11 is 0. The Morgan fingerprint density at radius 3 is 2.38 bits per heavy atom. The Morgan fingerprint density at radius 2 is 1.90 bits per heavy atom. The molecule has 1 aromatic carbocycles. The molecule has 1 aromatic rings. The number of carbonyl (C=O) groups is 1. The van der Waals surface area contributed by atoms with Gasteiger partial charge in [-0.1, -0.05) is 34.5 Å². The monoisotopic (exact) mass is 286 g/mol. The highest BCUT2D eigenvalue weighted by atomic mass is 16.5. The minimum Gasteiger partial charge on any atom is -0.466 e. The lowest BCUT2D eigenvalue weighted by Crippen LogP contribution is -2.05. The van der Waals surface area contributed by atoms with Gasteiger partial charge in [-0.3, -0.25) is 0 Å². The number of esters is 1. The molecule has 8 nitrogen and oxygen atoms in total. The van der Waals surface area contributed by atoms with Crippen LogP contribution in [0, 0.1) is 13.8 Å². The Bertz CT molecular complexity index is 649. The molecule has 0 aromatic heterocycles. The van der Waals surface area contributed by atoms with Crippen LogP contribution in [0.1, 0.15) is 22.7 Å². The van der Waals surface area contributed by atoms with Crippen LogP contribution >= 0.6 is 0 Å². The fraction of sp³-hybridized carbons (Fsp3) is 0.308. The van der Waals surface area contributed by atoms with E-state index in [2.05, 4.69) is 24.8 Å². The summed E-state index contributed by atoms with van der Waals surface area (Å²) in [5.74, 6) is -0.794. The fourth-order valence-corrected chi connectivity index (χ4v) is 1.97. The van der Waals surface area contributed by atoms with Crippen LogP contribution in [0.15, 0.2) is 40.2 Å². The summed E-state index contributed by atoms with van der Waals surface area (Å²) in [6.07, 6.45) is 1.29. The normalized spacial score (nSPS) is 11.9. The number of hydrogen-bond donors (Lipinski definition) is 0. The molecule has 0 spiro atoms. The Hall–Kier alpha value is -2.95. The van der Waals surface area contributed by atoms with Gasteiger partial charge < -0.3 is 4.74 Å². The summed E-state index contributed by atoms with van der Waals surface area (Å²) in [5.41, 5.74) is 19.5. The van der Waals surface area contributed by atoms with Crippen LogP contribution in [0.5, 0.6) is 0 Å². The number of aryl methyl sites for hydroxylation is 2. The standard InChI is InChI=1S/C13H14N6O2/c1-8-5-4-6-9(2)12(8)10(16-18-14)7-11(17-19-15)13(20)21-3/h4-7,10H,1-3H3/b11-7-. The SMILES string of the molecule is COC(=O)/C(=C/C(N=[N+]=[N-])c1c(C)cccc1C)N=[N+]=[N-]. The van der Waals surface area contributed by atoms with E-state index in [-0.39, 0.29) is 5.70 Å². The maximum atomic E-state index is 11.6. The molecule has 0 aliphatic carbocycles. The number of methoxy groups -OCH3 is 1. The largest absolute Gasteiger partial charge is 0.466 e. The number of benzene rings is 1. The molecule has 0 saturated heterocycles. The number of rotatable bonds is 5. The van der Waals surface area contributed by atoms with Gasteiger partial charge in [-0.15, -0.1) is 0 Å². The molecule has 0 amide bonds. The molecule has 0 bridgehead atoms. The third-order valence-corrected chi connectivity index (χ3v) is 2.88. The fourth-order valence-electron chi connectivity index (χ4n) is 1.97. The second-order valence-electron chi connectivity index (χ2n) is 4.19. The van der Waals surface area contributed by atoms with Crippen molar-refractivity contribution in [3.8, 4) is 0 Å². The van der Waals surface area contributed by atoms with Gasteiger partial charge in [0.25, 0.3) is 0 Å². The van der Waals surface area contributed by atoms with Crippen molar-refractivity contribution in [3.05, 3.63) is 67.5 Å². The summed E-state index contributed by atoms with van der Waals surface area (Å²) in [5, 5.41) is 6.95. The molecule has 108 valence electrons. The molecule has 0 heterocycles. The molecule has 8 heteroatoms. The summed E-state index contributed by atoms with van der Waals surface area (Å²) < 4.78 is 4.53. The molecule has 1 unspecified atom stereocenters. The number of ether oxygens (including phenoxy) is 1. The topological polar surface area (TPSA) is 124 Å². The van der Waals surface area contributed by atoms with Crippen molar-refractivity contribution in [3.63, 3.8) is 0 Å². The molecular weight excluding hydrogens is 272 g/mol. The number of azide groups is 2. The highest BCUT2D eigenvalue weighted by Gasteiger charge is 2.16. The van der Waals surface area contributed by atoms with Crippen LogP contribution < -0.4 is 0 Å². The predicted molar refractivity (Wildman–Crippen MR) is 77.0 cm³/mol. The third kappa shape index (κ3) is 4.01. The molecule has 0 radical (unpaired) electrons. The summed E-state index contributed by atoms with van der Waals surface area (Å²) in [6, 6.07) is 4.83. The van der Waals surface area contributed by atoms with Crippen molar-refractivity contribution in [2.75, 3.05) is 7.11 Å². The van der Waals surface area contributed by atoms with Gasteiger partial charge in [-0.05, 0) is 41.6 Å². The van der Waals surface area contributed by atoms with Crippen LogP contribution in [0.3, 0.4) is 0 Å². The quantitative estimate of drug-likeness (QED) is 0.266. The zero-order valence-electron chi connectivity index (χ0n) is 11.9. The van der Waals surface area contributed by atoms with E-state index in [0.29, 0.717) is 0 Å². The van der Waals surface area contributed by atoms with Gasteiger partial charge >= 0.3 is 5.97 Å². The van der Waals surface area contributed by atoms with Crippen molar-refractivity contribution in [1.29, 1.82) is 0 Å². The number of hydrogen-bond acceptors (Lipinski definition) is 4. The molecule has 1 atom stereocenters. The Morgan fingerprint density at radius 1 is 1.29 bits per heavy atom. The lowest BCUT2D eigenvalue weighted by atomic mass is 9.96. The highest BCUT2D eigenvalue weighted by Crippen LogP contribution is 2.28. The summed E-state index contributed by atoms with van der Waals surface area (Å²) in [7, 11) is 1.17. The first-order chi connectivity index (χ1) is 10.0. The van der Waals surface area contributed by atoms with Gasteiger partial charge in [0.05, 0.1) is 13.2 Å². The number of nitrogens with zero attached hydrogens (tertiary/aromatic N) is 6.